The fourth-order valence-corrected chi connectivity index (χ4v) is 3.34. The molecule has 3 aromatic rings. The number of nitrogens with one attached hydrogen (secondary N) is 1. The van der Waals surface area contributed by atoms with Gasteiger partial charge in [0.05, 0.1) is 10.9 Å². The highest BCUT2D eigenvalue weighted by Crippen LogP contribution is 2.21. The quantitative estimate of drug-likeness (QED) is 0.774. The van der Waals surface area contributed by atoms with E-state index in [-0.39, 0.29) is 23.4 Å². The van der Waals surface area contributed by atoms with Crippen molar-refractivity contribution in [1.82, 2.24) is 9.88 Å². The van der Waals surface area contributed by atoms with E-state index in [1.807, 2.05) is 67.6 Å². The lowest BCUT2D eigenvalue weighted by Gasteiger charge is -2.14. The summed E-state index contributed by atoms with van der Waals surface area (Å²) in [5.41, 5.74) is 2.02. The molecule has 0 aliphatic rings. The van der Waals surface area contributed by atoms with Gasteiger partial charge in [-0.05, 0) is 18.1 Å². The molecule has 0 bridgehead atoms. The van der Waals surface area contributed by atoms with Crippen LogP contribution in [0.4, 0.5) is 0 Å². The summed E-state index contributed by atoms with van der Waals surface area (Å²) in [4.78, 5) is 25.1. The van der Waals surface area contributed by atoms with Crippen LogP contribution in [0.3, 0.4) is 0 Å². The van der Waals surface area contributed by atoms with Crippen molar-refractivity contribution in [3.05, 3.63) is 82.1 Å². The van der Waals surface area contributed by atoms with Crippen LogP contribution in [-0.2, 0) is 11.3 Å². The minimum Gasteiger partial charge on any atom is -0.348 e. The Morgan fingerprint density at radius 3 is 2.38 bits per heavy atom. The van der Waals surface area contributed by atoms with Crippen molar-refractivity contribution >= 4 is 17.2 Å². The largest absolute Gasteiger partial charge is 0.348 e. The van der Waals surface area contributed by atoms with Gasteiger partial charge in [0.1, 0.15) is 6.54 Å². The molecule has 0 aliphatic carbocycles. The molecule has 5 heteroatoms. The van der Waals surface area contributed by atoms with E-state index >= 15 is 0 Å². The average molecular weight is 338 g/mol. The number of benzene rings is 2. The molecular formula is C19H18N2O2S. The molecule has 1 atom stereocenters. The minimum absolute atomic E-state index is 0.0271. The zero-order chi connectivity index (χ0) is 16.9. The lowest BCUT2D eigenvalue weighted by Crippen LogP contribution is -2.32. The molecular weight excluding hydrogens is 320 g/mol. The molecule has 0 spiro atoms. The molecule has 3 rings (SSSR count). The van der Waals surface area contributed by atoms with Crippen molar-refractivity contribution in [3.8, 4) is 10.4 Å². The van der Waals surface area contributed by atoms with E-state index in [1.165, 1.54) is 4.57 Å². The molecule has 0 aliphatic heterocycles. The summed E-state index contributed by atoms with van der Waals surface area (Å²) < 4.78 is 1.46. The highest BCUT2D eigenvalue weighted by Gasteiger charge is 2.12. The number of carbonyl (C=O) groups excluding carboxylic acids is 1. The highest BCUT2D eigenvalue weighted by molar-refractivity contribution is 7.12. The van der Waals surface area contributed by atoms with Gasteiger partial charge in [-0.15, -0.1) is 0 Å². The third kappa shape index (κ3) is 3.81. The molecule has 4 nitrogen and oxygen atoms in total. The number of thiazole rings is 1. The van der Waals surface area contributed by atoms with E-state index in [0.29, 0.717) is 0 Å². The Labute approximate surface area is 144 Å². The van der Waals surface area contributed by atoms with Crippen LogP contribution in [0.2, 0.25) is 0 Å². The zero-order valence-electron chi connectivity index (χ0n) is 13.3. The molecule has 122 valence electrons. The Kier molecular flexibility index (Phi) is 4.91. The predicted molar refractivity (Wildman–Crippen MR) is 97.0 cm³/mol. The van der Waals surface area contributed by atoms with Crippen molar-refractivity contribution in [2.24, 2.45) is 0 Å². The molecule has 0 saturated heterocycles. The summed E-state index contributed by atoms with van der Waals surface area (Å²) in [6.07, 6.45) is 1.75. The molecule has 0 fully saturated rings. The molecule has 0 unspecified atom stereocenters. The third-order valence-electron chi connectivity index (χ3n) is 3.75. The average Bonchev–Trinajstić information content (AvgIpc) is 2.97. The summed E-state index contributed by atoms with van der Waals surface area (Å²) >= 11 is 1.15. The van der Waals surface area contributed by atoms with E-state index in [4.69, 9.17) is 0 Å². The Morgan fingerprint density at radius 1 is 1.08 bits per heavy atom. The van der Waals surface area contributed by atoms with Crippen LogP contribution in [0.5, 0.6) is 0 Å². The van der Waals surface area contributed by atoms with Crippen LogP contribution < -0.4 is 10.2 Å². The molecule has 1 N–H and O–H groups in total. The van der Waals surface area contributed by atoms with E-state index in [9.17, 15) is 9.59 Å². The van der Waals surface area contributed by atoms with Gasteiger partial charge in [0.25, 0.3) is 0 Å². The van der Waals surface area contributed by atoms with E-state index in [0.717, 1.165) is 27.3 Å². The lowest BCUT2D eigenvalue weighted by molar-refractivity contribution is -0.122. The summed E-state index contributed by atoms with van der Waals surface area (Å²) in [6, 6.07) is 19.3. The topological polar surface area (TPSA) is 51.1 Å². The summed E-state index contributed by atoms with van der Waals surface area (Å²) in [7, 11) is 0. The number of hydrogen-bond acceptors (Lipinski definition) is 3. The first-order chi connectivity index (χ1) is 11.6. The van der Waals surface area contributed by atoms with E-state index < -0.39 is 0 Å². The van der Waals surface area contributed by atoms with Crippen LogP contribution in [0.25, 0.3) is 10.4 Å². The number of carbonyl (C=O) groups is 1. The molecule has 1 aromatic heterocycles. The Morgan fingerprint density at radius 2 is 1.71 bits per heavy atom. The number of rotatable bonds is 5. The standard InChI is InChI=1S/C19H18N2O2S/c1-14(15-8-4-2-5-9-15)20-18(22)13-21-12-17(24-19(21)23)16-10-6-3-7-11-16/h2-12,14H,13H2,1H3,(H,20,22)/t14-/m1/s1. The van der Waals surface area contributed by atoms with E-state index in [1.54, 1.807) is 6.20 Å². The third-order valence-corrected chi connectivity index (χ3v) is 4.72. The number of aromatic nitrogens is 1. The first-order valence-corrected chi connectivity index (χ1v) is 8.55. The van der Waals surface area contributed by atoms with Gasteiger partial charge in [0.2, 0.25) is 5.91 Å². The fraction of sp³-hybridized carbons (Fsp3) is 0.158. The first kappa shape index (κ1) is 16.2. The van der Waals surface area contributed by atoms with Crippen LogP contribution in [0.1, 0.15) is 18.5 Å². The zero-order valence-corrected chi connectivity index (χ0v) is 14.1. The van der Waals surface area contributed by atoms with Crippen molar-refractivity contribution in [2.75, 3.05) is 0 Å². The number of nitrogens with zero attached hydrogens (tertiary/aromatic N) is 1. The fourth-order valence-electron chi connectivity index (χ4n) is 2.49. The van der Waals surface area contributed by atoms with Crippen LogP contribution >= 0.6 is 11.3 Å². The second kappa shape index (κ2) is 7.27. The smallest absolute Gasteiger partial charge is 0.308 e. The van der Waals surface area contributed by atoms with Crippen molar-refractivity contribution in [3.63, 3.8) is 0 Å². The molecule has 1 amide bonds. The number of hydrogen-bond donors (Lipinski definition) is 1. The van der Waals surface area contributed by atoms with Gasteiger partial charge in [-0.25, -0.2) is 0 Å². The molecule has 24 heavy (non-hydrogen) atoms. The second-order valence-corrected chi connectivity index (χ2v) is 6.55. The maximum atomic E-state index is 12.2. The van der Waals surface area contributed by atoms with Crippen molar-refractivity contribution < 1.29 is 4.79 Å². The van der Waals surface area contributed by atoms with Gasteiger partial charge in [0, 0.05) is 6.20 Å². The SMILES string of the molecule is C[C@@H](NC(=O)Cn1cc(-c2ccccc2)sc1=O)c1ccccc1. The van der Waals surface area contributed by atoms with Crippen molar-refractivity contribution in [2.45, 2.75) is 19.5 Å². The molecule has 2 aromatic carbocycles. The van der Waals surface area contributed by atoms with Crippen LogP contribution in [0.15, 0.2) is 71.7 Å². The lowest BCUT2D eigenvalue weighted by atomic mass is 10.1. The first-order valence-electron chi connectivity index (χ1n) is 7.73. The van der Waals surface area contributed by atoms with E-state index in [2.05, 4.69) is 5.32 Å². The maximum Gasteiger partial charge on any atom is 0.308 e. The maximum absolute atomic E-state index is 12.2. The Bertz CT molecular complexity index is 869. The summed E-state index contributed by atoms with van der Waals surface area (Å²) in [6.45, 7) is 1.96. The van der Waals surface area contributed by atoms with Crippen molar-refractivity contribution in [1.29, 1.82) is 0 Å². The monoisotopic (exact) mass is 338 g/mol. The molecule has 0 radical (unpaired) electrons. The van der Waals surface area contributed by atoms with Gasteiger partial charge in [-0.1, -0.05) is 72.0 Å². The summed E-state index contributed by atoms with van der Waals surface area (Å²) in [5.74, 6) is -0.175. The Balaban J connectivity index is 1.69. The Hall–Kier alpha value is -2.66. The van der Waals surface area contributed by atoms with Crippen LogP contribution in [-0.4, -0.2) is 10.5 Å². The highest BCUT2D eigenvalue weighted by atomic mass is 32.1. The van der Waals surface area contributed by atoms with Gasteiger partial charge in [0.15, 0.2) is 0 Å². The van der Waals surface area contributed by atoms with Gasteiger partial charge >= 0.3 is 4.87 Å². The van der Waals surface area contributed by atoms with Crippen LogP contribution in [0, 0.1) is 0 Å². The molecule has 0 saturated carbocycles. The second-order valence-electron chi connectivity index (χ2n) is 5.56. The van der Waals surface area contributed by atoms with Gasteiger partial charge in [-0.2, -0.15) is 0 Å². The molecule has 1 heterocycles. The normalized spacial score (nSPS) is 11.9. The summed E-state index contributed by atoms with van der Waals surface area (Å²) in [5, 5.41) is 2.93. The van der Waals surface area contributed by atoms with Gasteiger partial charge in [-0.3, -0.25) is 14.2 Å². The predicted octanol–water partition coefficient (Wildman–Crippen LogP) is 3.45. The number of amides is 1. The van der Waals surface area contributed by atoms with Gasteiger partial charge < -0.3 is 5.32 Å². The minimum atomic E-state index is -0.175.